The van der Waals surface area contributed by atoms with E-state index < -0.39 is 5.97 Å². The molecule has 0 aliphatic rings. The van der Waals surface area contributed by atoms with Gasteiger partial charge in [-0.15, -0.1) is 10.2 Å². The molecule has 0 bridgehead atoms. The SMILES string of the molecule is CCCC(CC)Nc1c(C(=O)O)nnc2ccccc12. The number of fused-ring (bicyclic) bond motifs is 1. The lowest BCUT2D eigenvalue weighted by atomic mass is 10.1. The van der Waals surface area contributed by atoms with Crippen molar-refractivity contribution in [2.24, 2.45) is 0 Å². The van der Waals surface area contributed by atoms with Crippen molar-refractivity contribution in [3.05, 3.63) is 30.0 Å². The molecule has 1 aromatic heterocycles. The average molecular weight is 273 g/mol. The number of carboxylic acid groups (broad SMARTS) is 1. The number of hydrogen-bond donors (Lipinski definition) is 2. The first-order chi connectivity index (χ1) is 9.67. The molecule has 5 heteroatoms. The summed E-state index contributed by atoms with van der Waals surface area (Å²) < 4.78 is 0. The van der Waals surface area contributed by atoms with Gasteiger partial charge in [0.2, 0.25) is 0 Å². The van der Waals surface area contributed by atoms with Gasteiger partial charge in [0.15, 0.2) is 5.69 Å². The number of aromatic nitrogens is 2. The second kappa shape index (κ2) is 6.32. The maximum absolute atomic E-state index is 11.4. The van der Waals surface area contributed by atoms with E-state index in [-0.39, 0.29) is 11.7 Å². The van der Waals surface area contributed by atoms with E-state index in [4.69, 9.17) is 0 Å². The first kappa shape index (κ1) is 14.2. The van der Waals surface area contributed by atoms with E-state index in [2.05, 4.69) is 29.4 Å². The van der Waals surface area contributed by atoms with E-state index in [0.29, 0.717) is 11.2 Å². The first-order valence-corrected chi connectivity index (χ1v) is 6.92. The lowest BCUT2D eigenvalue weighted by Gasteiger charge is -2.19. The average Bonchev–Trinajstić information content (AvgIpc) is 2.46. The highest BCUT2D eigenvalue weighted by atomic mass is 16.4. The Hall–Kier alpha value is -2.17. The molecule has 0 fully saturated rings. The normalized spacial score (nSPS) is 12.3. The molecule has 20 heavy (non-hydrogen) atoms. The molecule has 2 rings (SSSR count). The molecule has 2 aromatic rings. The van der Waals surface area contributed by atoms with E-state index in [1.807, 2.05) is 24.3 Å². The Morgan fingerprint density at radius 1 is 1.30 bits per heavy atom. The van der Waals surface area contributed by atoms with Crippen molar-refractivity contribution in [2.45, 2.75) is 39.2 Å². The summed E-state index contributed by atoms with van der Waals surface area (Å²) in [5.74, 6) is -1.06. The van der Waals surface area contributed by atoms with Crippen LogP contribution in [0.3, 0.4) is 0 Å². The van der Waals surface area contributed by atoms with E-state index in [1.54, 1.807) is 0 Å². The van der Waals surface area contributed by atoms with Crippen LogP contribution in [0.25, 0.3) is 10.9 Å². The maximum Gasteiger partial charge on any atom is 0.358 e. The molecule has 0 spiro atoms. The zero-order valence-electron chi connectivity index (χ0n) is 11.8. The molecule has 1 heterocycles. The Kier molecular flexibility index (Phi) is 4.50. The van der Waals surface area contributed by atoms with Gasteiger partial charge in [-0.1, -0.05) is 38.5 Å². The van der Waals surface area contributed by atoms with Crippen molar-refractivity contribution in [3.63, 3.8) is 0 Å². The summed E-state index contributed by atoms with van der Waals surface area (Å²) in [6.45, 7) is 4.20. The summed E-state index contributed by atoms with van der Waals surface area (Å²) >= 11 is 0. The summed E-state index contributed by atoms with van der Waals surface area (Å²) in [6, 6.07) is 7.69. The van der Waals surface area contributed by atoms with Crippen LogP contribution < -0.4 is 5.32 Å². The lowest BCUT2D eigenvalue weighted by molar-refractivity contribution is 0.0690. The first-order valence-electron chi connectivity index (χ1n) is 6.92. The molecule has 0 saturated carbocycles. The minimum atomic E-state index is -1.06. The Bertz CT molecular complexity index is 613. The van der Waals surface area contributed by atoms with Crippen molar-refractivity contribution in [2.75, 3.05) is 5.32 Å². The Labute approximate surface area is 118 Å². The van der Waals surface area contributed by atoms with Crippen molar-refractivity contribution in [1.82, 2.24) is 10.2 Å². The molecule has 0 aliphatic heterocycles. The second-order valence-electron chi connectivity index (χ2n) is 4.78. The van der Waals surface area contributed by atoms with Gasteiger partial charge in [-0.3, -0.25) is 0 Å². The summed E-state index contributed by atoms with van der Waals surface area (Å²) in [5.41, 5.74) is 1.26. The molecule has 5 nitrogen and oxygen atoms in total. The number of hydrogen-bond acceptors (Lipinski definition) is 4. The van der Waals surface area contributed by atoms with Crippen LogP contribution in [0.2, 0.25) is 0 Å². The summed E-state index contributed by atoms with van der Waals surface area (Å²) in [4.78, 5) is 11.4. The predicted octanol–water partition coefficient (Wildman–Crippen LogP) is 3.32. The van der Waals surface area contributed by atoms with Crippen LogP contribution in [-0.4, -0.2) is 27.3 Å². The third kappa shape index (κ3) is 2.87. The smallest absolute Gasteiger partial charge is 0.358 e. The number of carbonyl (C=O) groups is 1. The van der Waals surface area contributed by atoms with Gasteiger partial charge in [0.1, 0.15) is 0 Å². The number of benzene rings is 1. The van der Waals surface area contributed by atoms with Gasteiger partial charge in [-0.2, -0.15) is 0 Å². The molecular weight excluding hydrogens is 254 g/mol. The topological polar surface area (TPSA) is 75.1 Å². The maximum atomic E-state index is 11.4. The quantitative estimate of drug-likeness (QED) is 0.844. The van der Waals surface area contributed by atoms with Gasteiger partial charge >= 0.3 is 5.97 Å². The zero-order chi connectivity index (χ0) is 14.5. The second-order valence-corrected chi connectivity index (χ2v) is 4.78. The predicted molar refractivity (Wildman–Crippen MR) is 79.1 cm³/mol. The minimum Gasteiger partial charge on any atom is -0.476 e. The van der Waals surface area contributed by atoms with Crippen LogP contribution in [0.1, 0.15) is 43.6 Å². The van der Waals surface area contributed by atoms with Crippen molar-refractivity contribution in [3.8, 4) is 0 Å². The molecule has 1 unspecified atom stereocenters. The Balaban J connectivity index is 2.51. The molecule has 0 radical (unpaired) electrons. The molecule has 0 aliphatic carbocycles. The molecule has 0 amide bonds. The summed E-state index contributed by atoms with van der Waals surface area (Å²) in [5, 5.41) is 21.3. The van der Waals surface area contributed by atoms with Gasteiger partial charge in [0.25, 0.3) is 0 Å². The third-order valence-electron chi connectivity index (χ3n) is 3.35. The number of carboxylic acids is 1. The van der Waals surface area contributed by atoms with Gasteiger partial charge in [0.05, 0.1) is 11.2 Å². The Morgan fingerprint density at radius 3 is 2.70 bits per heavy atom. The standard InChI is InChI=1S/C15H19N3O2/c1-3-7-10(4-2)16-13-11-8-5-6-9-12(11)17-18-14(13)15(19)20/h5-6,8-10H,3-4,7H2,1-2H3,(H,16,17)(H,19,20). The van der Waals surface area contributed by atoms with E-state index in [0.717, 1.165) is 24.6 Å². The third-order valence-corrected chi connectivity index (χ3v) is 3.35. The highest BCUT2D eigenvalue weighted by Gasteiger charge is 2.18. The number of rotatable bonds is 6. The lowest BCUT2D eigenvalue weighted by Crippen LogP contribution is -2.21. The van der Waals surface area contributed by atoms with E-state index in [9.17, 15) is 9.90 Å². The molecule has 106 valence electrons. The van der Waals surface area contributed by atoms with Crippen LogP contribution in [-0.2, 0) is 0 Å². The largest absolute Gasteiger partial charge is 0.476 e. The van der Waals surface area contributed by atoms with Crippen LogP contribution in [0, 0.1) is 0 Å². The number of aromatic carboxylic acids is 1. The van der Waals surface area contributed by atoms with Gasteiger partial charge in [-0.05, 0) is 18.9 Å². The Morgan fingerprint density at radius 2 is 2.05 bits per heavy atom. The van der Waals surface area contributed by atoms with Crippen LogP contribution in [0.15, 0.2) is 24.3 Å². The van der Waals surface area contributed by atoms with Gasteiger partial charge in [-0.25, -0.2) is 4.79 Å². The molecule has 2 N–H and O–H groups in total. The summed E-state index contributed by atoms with van der Waals surface area (Å²) in [7, 11) is 0. The highest BCUT2D eigenvalue weighted by molar-refractivity contribution is 6.02. The van der Waals surface area contributed by atoms with E-state index in [1.165, 1.54) is 0 Å². The number of nitrogens with one attached hydrogen (secondary N) is 1. The minimum absolute atomic E-state index is 0.0155. The fraction of sp³-hybridized carbons (Fsp3) is 0.400. The molecule has 1 atom stereocenters. The fourth-order valence-electron chi connectivity index (χ4n) is 2.28. The fourth-order valence-corrected chi connectivity index (χ4v) is 2.28. The van der Waals surface area contributed by atoms with Crippen molar-refractivity contribution in [1.29, 1.82) is 0 Å². The van der Waals surface area contributed by atoms with Crippen molar-refractivity contribution < 1.29 is 9.90 Å². The van der Waals surface area contributed by atoms with Crippen LogP contribution in [0.4, 0.5) is 5.69 Å². The molecular formula is C15H19N3O2. The number of anilines is 1. The monoisotopic (exact) mass is 273 g/mol. The summed E-state index contributed by atoms with van der Waals surface area (Å²) in [6.07, 6.45) is 2.97. The number of nitrogens with zero attached hydrogens (tertiary/aromatic N) is 2. The van der Waals surface area contributed by atoms with Crippen LogP contribution in [0.5, 0.6) is 0 Å². The van der Waals surface area contributed by atoms with Crippen molar-refractivity contribution >= 4 is 22.6 Å². The molecule has 0 saturated heterocycles. The van der Waals surface area contributed by atoms with Crippen LogP contribution >= 0.6 is 0 Å². The molecule has 1 aromatic carbocycles. The van der Waals surface area contributed by atoms with Gasteiger partial charge < -0.3 is 10.4 Å². The van der Waals surface area contributed by atoms with Gasteiger partial charge in [0, 0.05) is 11.4 Å². The highest BCUT2D eigenvalue weighted by Crippen LogP contribution is 2.26. The van der Waals surface area contributed by atoms with E-state index >= 15 is 0 Å². The zero-order valence-corrected chi connectivity index (χ0v) is 11.8.